The van der Waals surface area contributed by atoms with Gasteiger partial charge in [0, 0.05) is 39.3 Å². The SMILES string of the molecule is CCc1nc2c(OC)cccn2c1C(=O)N1CCN(C(C)=O)CC1. The number of rotatable bonds is 3. The van der Waals surface area contributed by atoms with Crippen LogP contribution in [0.5, 0.6) is 5.75 Å². The van der Waals surface area contributed by atoms with E-state index in [1.54, 1.807) is 28.2 Å². The lowest BCUT2D eigenvalue weighted by Crippen LogP contribution is -2.50. The average molecular weight is 330 g/mol. The van der Waals surface area contributed by atoms with Crippen molar-refractivity contribution in [3.8, 4) is 5.75 Å². The van der Waals surface area contributed by atoms with Gasteiger partial charge in [-0.25, -0.2) is 4.98 Å². The molecule has 7 heteroatoms. The Kier molecular flexibility index (Phi) is 4.42. The fraction of sp³-hybridized carbons (Fsp3) is 0.471. The van der Waals surface area contributed by atoms with Crippen LogP contribution in [0.1, 0.15) is 30.0 Å². The monoisotopic (exact) mass is 330 g/mol. The third kappa shape index (κ3) is 2.70. The molecule has 2 aromatic heterocycles. The molecule has 128 valence electrons. The average Bonchev–Trinajstić information content (AvgIpc) is 2.99. The van der Waals surface area contributed by atoms with Gasteiger partial charge in [0.05, 0.1) is 12.8 Å². The number of piperazine rings is 1. The maximum absolute atomic E-state index is 13.1. The molecule has 3 heterocycles. The first-order chi connectivity index (χ1) is 11.6. The van der Waals surface area contributed by atoms with Crippen molar-refractivity contribution in [2.24, 2.45) is 0 Å². The van der Waals surface area contributed by atoms with E-state index in [4.69, 9.17) is 4.74 Å². The maximum Gasteiger partial charge on any atom is 0.272 e. The fourth-order valence-electron chi connectivity index (χ4n) is 3.10. The predicted octanol–water partition coefficient (Wildman–Crippen LogP) is 1.21. The van der Waals surface area contributed by atoms with Crippen molar-refractivity contribution in [1.29, 1.82) is 0 Å². The number of amides is 2. The molecule has 1 fully saturated rings. The highest BCUT2D eigenvalue weighted by atomic mass is 16.5. The van der Waals surface area contributed by atoms with Crippen LogP contribution in [0.25, 0.3) is 5.65 Å². The number of hydrogen-bond donors (Lipinski definition) is 0. The van der Waals surface area contributed by atoms with E-state index >= 15 is 0 Å². The highest BCUT2D eigenvalue weighted by Gasteiger charge is 2.28. The molecule has 2 aromatic rings. The van der Waals surface area contributed by atoms with Crippen LogP contribution in [-0.4, -0.2) is 64.3 Å². The Balaban J connectivity index is 1.94. The molecule has 0 N–H and O–H groups in total. The maximum atomic E-state index is 13.1. The Hall–Kier alpha value is -2.57. The lowest BCUT2D eigenvalue weighted by molar-refractivity contribution is -0.130. The molecule has 1 aliphatic rings. The fourth-order valence-corrected chi connectivity index (χ4v) is 3.10. The number of carbonyl (C=O) groups is 2. The van der Waals surface area contributed by atoms with E-state index in [0.29, 0.717) is 49.7 Å². The van der Waals surface area contributed by atoms with Crippen LogP contribution in [0.3, 0.4) is 0 Å². The number of aryl methyl sites for hydroxylation is 1. The number of methoxy groups -OCH3 is 1. The van der Waals surface area contributed by atoms with E-state index < -0.39 is 0 Å². The summed E-state index contributed by atoms with van der Waals surface area (Å²) in [4.78, 5) is 32.6. The summed E-state index contributed by atoms with van der Waals surface area (Å²) < 4.78 is 7.16. The highest BCUT2D eigenvalue weighted by molar-refractivity contribution is 5.95. The molecule has 0 spiro atoms. The smallest absolute Gasteiger partial charge is 0.272 e. The summed E-state index contributed by atoms with van der Waals surface area (Å²) in [6.07, 6.45) is 2.50. The first-order valence-electron chi connectivity index (χ1n) is 8.15. The number of hydrogen-bond acceptors (Lipinski definition) is 4. The van der Waals surface area contributed by atoms with E-state index in [1.165, 1.54) is 0 Å². The van der Waals surface area contributed by atoms with Crippen molar-refractivity contribution in [1.82, 2.24) is 19.2 Å². The van der Waals surface area contributed by atoms with E-state index in [-0.39, 0.29) is 11.8 Å². The third-order valence-corrected chi connectivity index (χ3v) is 4.46. The quantitative estimate of drug-likeness (QED) is 0.848. The molecule has 1 aliphatic heterocycles. The van der Waals surface area contributed by atoms with Crippen molar-refractivity contribution < 1.29 is 14.3 Å². The Bertz CT molecular complexity index is 775. The van der Waals surface area contributed by atoms with Gasteiger partial charge in [0.25, 0.3) is 5.91 Å². The van der Waals surface area contributed by atoms with Gasteiger partial charge in [-0.3, -0.25) is 14.0 Å². The van der Waals surface area contributed by atoms with Crippen LogP contribution < -0.4 is 4.74 Å². The molecule has 3 rings (SSSR count). The Morgan fingerprint density at radius 1 is 1.21 bits per heavy atom. The van der Waals surface area contributed by atoms with Gasteiger partial charge in [-0.1, -0.05) is 6.92 Å². The van der Waals surface area contributed by atoms with Crippen LogP contribution in [-0.2, 0) is 11.2 Å². The Labute approximate surface area is 140 Å². The molecule has 0 aromatic carbocycles. The molecule has 24 heavy (non-hydrogen) atoms. The zero-order valence-electron chi connectivity index (χ0n) is 14.3. The van der Waals surface area contributed by atoms with E-state index in [2.05, 4.69) is 4.98 Å². The summed E-state index contributed by atoms with van der Waals surface area (Å²) >= 11 is 0. The van der Waals surface area contributed by atoms with Gasteiger partial charge in [0.15, 0.2) is 11.4 Å². The normalized spacial score (nSPS) is 15.0. The number of imidazole rings is 1. The lowest BCUT2D eigenvalue weighted by Gasteiger charge is -2.34. The summed E-state index contributed by atoms with van der Waals surface area (Å²) in [5.41, 5.74) is 2.00. The molecule has 0 radical (unpaired) electrons. The van der Waals surface area contributed by atoms with Crippen molar-refractivity contribution in [2.75, 3.05) is 33.3 Å². The topological polar surface area (TPSA) is 67.2 Å². The van der Waals surface area contributed by atoms with Gasteiger partial charge in [0.1, 0.15) is 5.69 Å². The van der Waals surface area contributed by atoms with Crippen molar-refractivity contribution in [2.45, 2.75) is 20.3 Å². The predicted molar refractivity (Wildman–Crippen MR) is 89.3 cm³/mol. The molecular formula is C17H22N4O3. The first kappa shape index (κ1) is 16.3. The standard InChI is InChI=1S/C17H22N4O3/c1-4-13-15(21-7-5-6-14(24-3)16(21)18-13)17(23)20-10-8-19(9-11-20)12(2)22/h5-7H,4,8-11H2,1-3H3. The zero-order chi connectivity index (χ0) is 17.3. The first-order valence-corrected chi connectivity index (χ1v) is 8.15. The molecule has 0 saturated carbocycles. The number of ether oxygens (including phenoxy) is 1. The molecule has 0 unspecified atom stereocenters. The highest BCUT2D eigenvalue weighted by Crippen LogP contribution is 2.23. The number of nitrogens with zero attached hydrogens (tertiary/aromatic N) is 4. The van der Waals surface area contributed by atoms with E-state index in [9.17, 15) is 9.59 Å². The number of aromatic nitrogens is 2. The van der Waals surface area contributed by atoms with Gasteiger partial charge >= 0.3 is 0 Å². The summed E-state index contributed by atoms with van der Waals surface area (Å²) in [5, 5.41) is 0. The van der Waals surface area contributed by atoms with Gasteiger partial charge in [0.2, 0.25) is 5.91 Å². The third-order valence-electron chi connectivity index (χ3n) is 4.46. The Morgan fingerprint density at radius 2 is 1.88 bits per heavy atom. The molecule has 7 nitrogen and oxygen atoms in total. The van der Waals surface area contributed by atoms with Gasteiger partial charge < -0.3 is 14.5 Å². The number of carbonyl (C=O) groups excluding carboxylic acids is 2. The van der Waals surface area contributed by atoms with Crippen LogP contribution >= 0.6 is 0 Å². The number of fused-ring (bicyclic) bond motifs is 1. The van der Waals surface area contributed by atoms with Crippen LogP contribution in [0.15, 0.2) is 18.3 Å². The molecule has 0 atom stereocenters. The molecule has 2 amide bonds. The van der Waals surface area contributed by atoms with Gasteiger partial charge in [-0.2, -0.15) is 0 Å². The van der Waals surface area contributed by atoms with Crippen LogP contribution in [0.2, 0.25) is 0 Å². The van der Waals surface area contributed by atoms with Crippen LogP contribution in [0.4, 0.5) is 0 Å². The summed E-state index contributed by atoms with van der Waals surface area (Å²) in [6.45, 7) is 5.77. The minimum atomic E-state index is -0.0456. The second-order valence-electron chi connectivity index (χ2n) is 5.83. The van der Waals surface area contributed by atoms with Crippen molar-refractivity contribution >= 4 is 17.5 Å². The molecular weight excluding hydrogens is 308 g/mol. The Morgan fingerprint density at radius 3 is 2.46 bits per heavy atom. The van der Waals surface area contributed by atoms with Gasteiger partial charge in [-0.15, -0.1) is 0 Å². The minimum absolute atomic E-state index is 0.0456. The molecule has 0 bridgehead atoms. The summed E-state index contributed by atoms with van der Waals surface area (Å²) in [7, 11) is 1.60. The second kappa shape index (κ2) is 6.51. The van der Waals surface area contributed by atoms with Crippen LogP contribution in [0, 0.1) is 0 Å². The summed E-state index contributed by atoms with van der Waals surface area (Å²) in [6, 6.07) is 3.68. The minimum Gasteiger partial charge on any atom is -0.493 e. The zero-order valence-corrected chi connectivity index (χ0v) is 14.3. The van der Waals surface area contributed by atoms with E-state index in [1.807, 2.05) is 25.3 Å². The van der Waals surface area contributed by atoms with Gasteiger partial charge in [-0.05, 0) is 18.6 Å². The summed E-state index contributed by atoms with van der Waals surface area (Å²) in [5.74, 6) is 0.652. The second-order valence-corrected chi connectivity index (χ2v) is 5.83. The largest absolute Gasteiger partial charge is 0.493 e. The van der Waals surface area contributed by atoms with Crippen molar-refractivity contribution in [3.63, 3.8) is 0 Å². The van der Waals surface area contributed by atoms with Crippen molar-refractivity contribution in [3.05, 3.63) is 29.7 Å². The molecule has 0 aliphatic carbocycles. The number of pyridine rings is 1. The molecule has 1 saturated heterocycles. The van der Waals surface area contributed by atoms with E-state index in [0.717, 1.165) is 5.69 Å². The lowest BCUT2D eigenvalue weighted by atomic mass is 10.2.